The monoisotopic (exact) mass is 273 g/mol. The summed E-state index contributed by atoms with van der Waals surface area (Å²) in [5, 5.41) is 11.4. The Hall–Kier alpha value is -1.95. The van der Waals surface area contributed by atoms with Gasteiger partial charge in [-0.15, -0.1) is 5.10 Å². The fourth-order valence-corrected chi connectivity index (χ4v) is 2.68. The second-order valence-corrected chi connectivity index (χ2v) is 5.40. The van der Waals surface area contributed by atoms with E-state index < -0.39 is 0 Å². The number of fused-ring (bicyclic) bond motifs is 1. The number of rotatable bonds is 1. The van der Waals surface area contributed by atoms with Gasteiger partial charge in [-0.2, -0.15) is 0 Å². The van der Waals surface area contributed by atoms with Crippen LogP contribution in [0.4, 0.5) is 0 Å². The van der Waals surface area contributed by atoms with Crippen molar-refractivity contribution >= 4 is 16.9 Å². The number of amides is 1. The van der Waals surface area contributed by atoms with Crippen molar-refractivity contribution in [3.05, 3.63) is 23.8 Å². The van der Waals surface area contributed by atoms with Gasteiger partial charge in [-0.1, -0.05) is 5.21 Å². The molecule has 2 atom stereocenters. The zero-order valence-electron chi connectivity index (χ0n) is 12.0. The van der Waals surface area contributed by atoms with Crippen LogP contribution in [0.3, 0.4) is 0 Å². The summed E-state index contributed by atoms with van der Waals surface area (Å²) < 4.78 is 1.71. The van der Waals surface area contributed by atoms with E-state index in [2.05, 4.69) is 29.5 Å². The third-order valence-corrected chi connectivity index (χ3v) is 4.15. The Kier molecular flexibility index (Phi) is 3.17. The summed E-state index contributed by atoms with van der Waals surface area (Å²) >= 11 is 0. The predicted molar refractivity (Wildman–Crippen MR) is 76.5 cm³/mol. The highest BCUT2D eigenvalue weighted by Gasteiger charge is 2.28. The lowest BCUT2D eigenvalue weighted by molar-refractivity contribution is 0.0603. The van der Waals surface area contributed by atoms with Crippen LogP contribution in [0.15, 0.2) is 18.2 Å². The van der Waals surface area contributed by atoms with Gasteiger partial charge in [0, 0.05) is 37.8 Å². The van der Waals surface area contributed by atoms with Gasteiger partial charge in [0.25, 0.3) is 5.91 Å². The summed E-state index contributed by atoms with van der Waals surface area (Å²) in [4.78, 5) is 14.6. The van der Waals surface area contributed by atoms with Crippen LogP contribution < -0.4 is 5.32 Å². The minimum Gasteiger partial charge on any atom is -0.333 e. The summed E-state index contributed by atoms with van der Waals surface area (Å²) in [6.07, 6.45) is 0. The van der Waals surface area contributed by atoms with Gasteiger partial charge in [-0.3, -0.25) is 4.79 Å². The lowest BCUT2D eigenvalue weighted by atomic mass is 10.1. The normalized spacial score (nSPS) is 23.2. The van der Waals surface area contributed by atoms with E-state index in [1.54, 1.807) is 4.68 Å². The van der Waals surface area contributed by atoms with E-state index in [9.17, 15) is 4.79 Å². The molecule has 0 aliphatic carbocycles. The molecule has 3 rings (SSSR count). The first-order valence-corrected chi connectivity index (χ1v) is 6.91. The number of hydrogen-bond acceptors (Lipinski definition) is 4. The highest BCUT2D eigenvalue weighted by molar-refractivity contribution is 5.97. The predicted octanol–water partition coefficient (Wildman–Crippen LogP) is 0.791. The molecular formula is C14H19N5O. The zero-order chi connectivity index (χ0) is 14.3. The number of aromatic nitrogens is 3. The third kappa shape index (κ3) is 2.06. The molecule has 1 N–H and O–H groups in total. The number of carbonyl (C=O) groups excluding carboxylic acids is 1. The number of piperazine rings is 1. The maximum absolute atomic E-state index is 12.6. The Morgan fingerprint density at radius 2 is 2.20 bits per heavy atom. The minimum absolute atomic E-state index is 0.0680. The highest BCUT2D eigenvalue weighted by Crippen LogP contribution is 2.17. The molecule has 1 aromatic heterocycles. The third-order valence-electron chi connectivity index (χ3n) is 4.15. The average molecular weight is 273 g/mol. The maximum atomic E-state index is 12.6. The topological polar surface area (TPSA) is 63.1 Å². The lowest BCUT2D eigenvalue weighted by Crippen LogP contribution is -2.57. The molecule has 2 aromatic rings. The summed E-state index contributed by atoms with van der Waals surface area (Å²) in [6, 6.07) is 6.08. The standard InChI is InChI=1S/C14H19N5O/c1-9-10(2)19(7-6-15-9)14(20)11-4-5-13-12(8-11)16-17-18(13)3/h4-5,8-10,15H,6-7H2,1-3H3. The van der Waals surface area contributed by atoms with Crippen LogP contribution in [0.2, 0.25) is 0 Å². The number of carbonyl (C=O) groups is 1. The summed E-state index contributed by atoms with van der Waals surface area (Å²) in [7, 11) is 1.84. The van der Waals surface area contributed by atoms with Crippen LogP contribution in [0.1, 0.15) is 24.2 Å². The molecule has 2 unspecified atom stereocenters. The van der Waals surface area contributed by atoms with Crippen molar-refractivity contribution in [2.45, 2.75) is 25.9 Å². The van der Waals surface area contributed by atoms with E-state index in [0.29, 0.717) is 11.6 Å². The SMILES string of the molecule is CC1NCCN(C(=O)c2ccc3c(c2)nnn3C)C1C. The summed E-state index contributed by atoms with van der Waals surface area (Å²) in [5.41, 5.74) is 2.37. The molecule has 1 aromatic carbocycles. The first kappa shape index (κ1) is 13.1. The Morgan fingerprint density at radius 3 is 3.00 bits per heavy atom. The van der Waals surface area contributed by atoms with Gasteiger partial charge in [0.15, 0.2) is 0 Å². The molecule has 0 bridgehead atoms. The van der Waals surface area contributed by atoms with Crippen molar-refractivity contribution in [2.24, 2.45) is 7.05 Å². The van der Waals surface area contributed by atoms with Gasteiger partial charge in [0.05, 0.1) is 5.52 Å². The van der Waals surface area contributed by atoms with Crippen molar-refractivity contribution < 1.29 is 4.79 Å². The van der Waals surface area contributed by atoms with Crippen LogP contribution in [0.25, 0.3) is 11.0 Å². The van der Waals surface area contributed by atoms with Gasteiger partial charge < -0.3 is 10.2 Å². The number of nitrogens with zero attached hydrogens (tertiary/aromatic N) is 4. The fraction of sp³-hybridized carbons (Fsp3) is 0.500. The number of benzene rings is 1. The lowest BCUT2D eigenvalue weighted by Gasteiger charge is -2.38. The molecule has 20 heavy (non-hydrogen) atoms. The van der Waals surface area contributed by atoms with Crippen molar-refractivity contribution in [1.82, 2.24) is 25.2 Å². The van der Waals surface area contributed by atoms with E-state index in [4.69, 9.17) is 0 Å². The molecule has 1 fully saturated rings. The van der Waals surface area contributed by atoms with E-state index >= 15 is 0 Å². The molecule has 0 spiro atoms. The molecular weight excluding hydrogens is 254 g/mol. The second kappa shape index (κ2) is 4.86. The molecule has 1 aliphatic heterocycles. The summed E-state index contributed by atoms with van der Waals surface area (Å²) in [5.74, 6) is 0.0680. The van der Waals surface area contributed by atoms with Crippen LogP contribution in [0.5, 0.6) is 0 Å². The largest absolute Gasteiger partial charge is 0.333 e. The molecule has 1 amide bonds. The van der Waals surface area contributed by atoms with Crippen LogP contribution in [-0.4, -0.2) is 51.0 Å². The second-order valence-electron chi connectivity index (χ2n) is 5.40. The minimum atomic E-state index is 0.0680. The molecule has 1 aliphatic rings. The van der Waals surface area contributed by atoms with Crippen LogP contribution in [0, 0.1) is 0 Å². The Labute approximate surface area is 117 Å². The number of nitrogens with one attached hydrogen (secondary N) is 1. The van der Waals surface area contributed by atoms with Gasteiger partial charge >= 0.3 is 0 Å². The van der Waals surface area contributed by atoms with Gasteiger partial charge in [0.2, 0.25) is 0 Å². The molecule has 2 heterocycles. The van der Waals surface area contributed by atoms with Crippen molar-refractivity contribution in [1.29, 1.82) is 0 Å². The van der Waals surface area contributed by atoms with Crippen molar-refractivity contribution in [3.8, 4) is 0 Å². The Bertz CT molecular complexity index is 650. The smallest absolute Gasteiger partial charge is 0.254 e. The zero-order valence-corrected chi connectivity index (χ0v) is 12.0. The quantitative estimate of drug-likeness (QED) is 0.834. The molecule has 0 radical (unpaired) electrons. The Morgan fingerprint density at radius 1 is 1.40 bits per heavy atom. The van der Waals surface area contributed by atoms with Crippen molar-refractivity contribution in [2.75, 3.05) is 13.1 Å². The van der Waals surface area contributed by atoms with Gasteiger partial charge in [0.1, 0.15) is 5.52 Å². The first-order valence-electron chi connectivity index (χ1n) is 6.91. The van der Waals surface area contributed by atoms with Crippen molar-refractivity contribution in [3.63, 3.8) is 0 Å². The molecule has 0 saturated carbocycles. The van der Waals surface area contributed by atoms with Crippen LogP contribution >= 0.6 is 0 Å². The number of hydrogen-bond donors (Lipinski definition) is 1. The summed E-state index contributed by atoms with van der Waals surface area (Å²) in [6.45, 7) is 5.76. The molecule has 6 heteroatoms. The average Bonchev–Trinajstić information content (AvgIpc) is 2.82. The first-order chi connectivity index (χ1) is 9.58. The van der Waals surface area contributed by atoms with Gasteiger partial charge in [-0.05, 0) is 32.0 Å². The van der Waals surface area contributed by atoms with E-state index in [1.807, 2.05) is 30.1 Å². The van der Waals surface area contributed by atoms with E-state index in [-0.39, 0.29) is 11.9 Å². The van der Waals surface area contributed by atoms with Crippen LogP contribution in [-0.2, 0) is 7.05 Å². The van der Waals surface area contributed by atoms with E-state index in [1.165, 1.54) is 0 Å². The molecule has 1 saturated heterocycles. The number of aryl methyl sites for hydroxylation is 1. The highest BCUT2D eigenvalue weighted by atomic mass is 16.2. The van der Waals surface area contributed by atoms with Gasteiger partial charge in [-0.25, -0.2) is 4.68 Å². The maximum Gasteiger partial charge on any atom is 0.254 e. The molecule has 6 nitrogen and oxygen atoms in total. The van der Waals surface area contributed by atoms with E-state index in [0.717, 1.165) is 24.1 Å². The Balaban J connectivity index is 1.91. The fourth-order valence-electron chi connectivity index (χ4n) is 2.68. The molecule has 106 valence electrons.